The molecule has 2 atom stereocenters. The predicted molar refractivity (Wildman–Crippen MR) is 139 cm³/mol. The van der Waals surface area contributed by atoms with Crippen LogP contribution < -0.4 is 4.90 Å². The van der Waals surface area contributed by atoms with E-state index in [-0.39, 0.29) is 23.5 Å². The fraction of sp³-hybridized carbons (Fsp3) is 0.440. The molecule has 7 nitrogen and oxygen atoms in total. The van der Waals surface area contributed by atoms with Gasteiger partial charge in [-0.1, -0.05) is 47.2 Å². The van der Waals surface area contributed by atoms with Crippen LogP contribution in [0.15, 0.2) is 47.4 Å². The Bertz CT molecular complexity index is 1280. The highest BCUT2D eigenvalue weighted by Gasteiger charge is 2.37. The van der Waals surface area contributed by atoms with Crippen molar-refractivity contribution >= 4 is 54.2 Å². The Kier molecular flexibility index (Phi) is 7.14. The SMILES string of the molecule is Cc1ccc(Cl)c2sc(N(CC3CCCO3)C(=O)C3CCCN(S(=O)(=O)c4ccccc4)C3)nc12. The maximum atomic E-state index is 13.9. The molecule has 0 saturated carbocycles. The van der Waals surface area contributed by atoms with Crippen molar-refractivity contribution in [1.29, 1.82) is 0 Å². The molecule has 0 N–H and O–H groups in total. The highest BCUT2D eigenvalue weighted by molar-refractivity contribution is 7.89. The van der Waals surface area contributed by atoms with Crippen LogP contribution in [0.5, 0.6) is 0 Å². The summed E-state index contributed by atoms with van der Waals surface area (Å²) < 4.78 is 34.6. The number of halogens is 1. The summed E-state index contributed by atoms with van der Waals surface area (Å²) in [5.74, 6) is -0.562. The van der Waals surface area contributed by atoms with E-state index in [0.29, 0.717) is 42.7 Å². The van der Waals surface area contributed by atoms with Crippen LogP contribution in [-0.2, 0) is 19.6 Å². The van der Waals surface area contributed by atoms with Gasteiger partial charge in [0.1, 0.15) is 0 Å². The lowest BCUT2D eigenvalue weighted by molar-refractivity contribution is -0.123. The van der Waals surface area contributed by atoms with Gasteiger partial charge in [0.2, 0.25) is 15.9 Å². The number of hydrogen-bond acceptors (Lipinski definition) is 6. The molecule has 3 aromatic rings. The van der Waals surface area contributed by atoms with Crippen LogP contribution >= 0.6 is 22.9 Å². The topological polar surface area (TPSA) is 79.8 Å². The number of piperidine rings is 1. The van der Waals surface area contributed by atoms with Crippen molar-refractivity contribution in [2.75, 3.05) is 31.1 Å². The number of amides is 1. The number of aryl methyl sites for hydroxylation is 1. The zero-order chi connectivity index (χ0) is 24.6. The van der Waals surface area contributed by atoms with E-state index in [1.54, 1.807) is 35.2 Å². The number of fused-ring (bicyclic) bond motifs is 1. The average molecular weight is 534 g/mol. The molecule has 10 heteroatoms. The van der Waals surface area contributed by atoms with Gasteiger partial charge in [0, 0.05) is 19.7 Å². The number of sulfonamides is 1. The summed E-state index contributed by atoms with van der Waals surface area (Å²) >= 11 is 7.84. The van der Waals surface area contributed by atoms with Crippen LogP contribution in [0.3, 0.4) is 0 Å². The van der Waals surface area contributed by atoms with Gasteiger partial charge in [-0.05, 0) is 56.4 Å². The van der Waals surface area contributed by atoms with E-state index in [1.807, 2.05) is 19.1 Å². The summed E-state index contributed by atoms with van der Waals surface area (Å²) in [7, 11) is -3.67. The maximum absolute atomic E-state index is 13.9. The van der Waals surface area contributed by atoms with Crippen molar-refractivity contribution in [3.05, 3.63) is 53.1 Å². The molecule has 3 heterocycles. The van der Waals surface area contributed by atoms with Crippen LogP contribution in [0.4, 0.5) is 5.13 Å². The van der Waals surface area contributed by atoms with Crippen LogP contribution in [0.2, 0.25) is 5.02 Å². The fourth-order valence-electron chi connectivity index (χ4n) is 4.78. The molecule has 1 aromatic heterocycles. The maximum Gasteiger partial charge on any atom is 0.243 e. The first-order valence-electron chi connectivity index (χ1n) is 11.9. The summed E-state index contributed by atoms with van der Waals surface area (Å²) in [6, 6.07) is 12.2. The van der Waals surface area contributed by atoms with Gasteiger partial charge < -0.3 is 4.74 Å². The Hall–Kier alpha value is -2.04. The summed E-state index contributed by atoms with van der Waals surface area (Å²) in [4.78, 5) is 20.7. The van der Waals surface area contributed by atoms with Gasteiger partial charge in [0.15, 0.2) is 5.13 Å². The minimum atomic E-state index is -3.67. The van der Waals surface area contributed by atoms with Crippen molar-refractivity contribution in [1.82, 2.24) is 9.29 Å². The van der Waals surface area contributed by atoms with E-state index >= 15 is 0 Å². The van der Waals surface area contributed by atoms with E-state index in [0.717, 1.165) is 28.6 Å². The van der Waals surface area contributed by atoms with Crippen molar-refractivity contribution in [2.45, 2.75) is 43.6 Å². The van der Waals surface area contributed by atoms with Gasteiger partial charge >= 0.3 is 0 Å². The number of carbonyl (C=O) groups is 1. The number of nitrogens with zero attached hydrogens (tertiary/aromatic N) is 3. The normalized spacial score (nSPS) is 21.4. The lowest BCUT2D eigenvalue weighted by atomic mass is 9.98. The third-order valence-electron chi connectivity index (χ3n) is 6.71. The number of hydrogen-bond donors (Lipinski definition) is 0. The van der Waals surface area contributed by atoms with E-state index < -0.39 is 15.9 Å². The largest absolute Gasteiger partial charge is 0.376 e. The summed E-state index contributed by atoms with van der Waals surface area (Å²) in [5.41, 5.74) is 1.79. The Morgan fingerprint density at radius 1 is 1.20 bits per heavy atom. The lowest BCUT2D eigenvalue weighted by Gasteiger charge is -2.34. The first-order chi connectivity index (χ1) is 16.8. The summed E-state index contributed by atoms with van der Waals surface area (Å²) in [5, 5.41) is 1.19. The molecular weight excluding hydrogens is 506 g/mol. The molecule has 35 heavy (non-hydrogen) atoms. The Morgan fingerprint density at radius 2 is 2.00 bits per heavy atom. The molecule has 0 bridgehead atoms. The van der Waals surface area contributed by atoms with Gasteiger partial charge in [-0.15, -0.1) is 0 Å². The third kappa shape index (κ3) is 4.97. The standard InChI is InChI=1S/C25H28ClN3O4S2/c1-17-11-12-21(26)23-22(17)27-25(34-23)29(16-19-8-6-14-33-19)24(30)18-7-5-13-28(15-18)35(31,32)20-9-3-2-4-10-20/h2-4,9-12,18-19H,5-8,13-16H2,1H3. The quantitative estimate of drug-likeness (QED) is 0.451. The molecule has 2 unspecified atom stereocenters. The highest BCUT2D eigenvalue weighted by atomic mass is 35.5. The van der Waals surface area contributed by atoms with Crippen LogP contribution in [0.25, 0.3) is 10.2 Å². The molecule has 186 valence electrons. The van der Waals surface area contributed by atoms with Crippen molar-refractivity contribution in [3.8, 4) is 0 Å². The molecule has 0 spiro atoms. The molecule has 5 rings (SSSR count). The van der Waals surface area contributed by atoms with E-state index in [1.165, 1.54) is 15.6 Å². The van der Waals surface area contributed by atoms with Crippen molar-refractivity contribution < 1.29 is 17.9 Å². The molecule has 2 aliphatic rings. The molecule has 1 amide bonds. The van der Waals surface area contributed by atoms with Gasteiger partial charge in [0.05, 0.1) is 38.7 Å². The fourth-order valence-corrected chi connectivity index (χ4v) is 7.66. The van der Waals surface area contributed by atoms with Crippen molar-refractivity contribution in [3.63, 3.8) is 0 Å². The number of carbonyl (C=O) groups excluding carboxylic acids is 1. The van der Waals surface area contributed by atoms with E-state index in [2.05, 4.69) is 0 Å². The zero-order valence-electron chi connectivity index (χ0n) is 19.5. The van der Waals surface area contributed by atoms with Crippen LogP contribution in [0.1, 0.15) is 31.2 Å². The third-order valence-corrected chi connectivity index (χ3v) is 10.1. The van der Waals surface area contributed by atoms with Gasteiger partial charge in [0.25, 0.3) is 0 Å². The molecule has 2 saturated heterocycles. The molecule has 2 aromatic carbocycles. The Labute approximate surface area is 214 Å². The van der Waals surface area contributed by atoms with Crippen molar-refractivity contribution in [2.24, 2.45) is 5.92 Å². The minimum Gasteiger partial charge on any atom is -0.376 e. The zero-order valence-corrected chi connectivity index (χ0v) is 21.9. The molecule has 2 fully saturated rings. The number of rotatable bonds is 6. The molecule has 0 aliphatic carbocycles. The molecule has 0 radical (unpaired) electrons. The smallest absolute Gasteiger partial charge is 0.243 e. The second-order valence-electron chi connectivity index (χ2n) is 9.14. The average Bonchev–Trinajstić information content (AvgIpc) is 3.56. The number of thiazole rings is 1. The predicted octanol–water partition coefficient (Wildman–Crippen LogP) is 4.87. The van der Waals surface area contributed by atoms with Gasteiger partial charge in [-0.2, -0.15) is 4.31 Å². The minimum absolute atomic E-state index is 0.0599. The number of aromatic nitrogens is 1. The lowest BCUT2D eigenvalue weighted by Crippen LogP contribution is -2.48. The number of anilines is 1. The first-order valence-corrected chi connectivity index (χ1v) is 14.5. The Balaban J connectivity index is 1.44. The first kappa shape index (κ1) is 24.6. The second-order valence-corrected chi connectivity index (χ2v) is 12.5. The van der Waals surface area contributed by atoms with Crippen LogP contribution in [0, 0.1) is 12.8 Å². The number of ether oxygens (including phenoxy) is 1. The second kappa shape index (κ2) is 10.1. The van der Waals surface area contributed by atoms with E-state index in [9.17, 15) is 13.2 Å². The monoisotopic (exact) mass is 533 g/mol. The van der Waals surface area contributed by atoms with E-state index in [4.69, 9.17) is 21.3 Å². The number of benzene rings is 2. The molecule has 2 aliphatic heterocycles. The van der Waals surface area contributed by atoms with Crippen LogP contribution in [-0.4, -0.2) is 56.0 Å². The molecular formula is C25H28ClN3O4S2. The highest BCUT2D eigenvalue weighted by Crippen LogP contribution is 2.37. The Morgan fingerprint density at radius 3 is 2.71 bits per heavy atom. The summed E-state index contributed by atoms with van der Waals surface area (Å²) in [6.07, 6.45) is 3.04. The van der Waals surface area contributed by atoms with Gasteiger partial charge in [-0.25, -0.2) is 13.4 Å². The summed E-state index contributed by atoms with van der Waals surface area (Å²) in [6.45, 7) is 3.62. The van der Waals surface area contributed by atoms with Gasteiger partial charge in [-0.3, -0.25) is 9.69 Å².